The van der Waals surface area contributed by atoms with Gasteiger partial charge in [-0.15, -0.1) is 0 Å². The molecule has 1 aromatic rings. The first-order valence-electron chi connectivity index (χ1n) is 6.22. The third kappa shape index (κ3) is 3.09. The summed E-state index contributed by atoms with van der Waals surface area (Å²) in [7, 11) is 0. The maximum atomic E-state index is 11.9. The van der Waals surface area contributed by atoms with Gasteiger partial charge in [0.1, 0.15) is 6.04 Å². The molecule has 0 spiro atoms. The van der Waals surface area contributed by atoms with Crippen molar-refractivity contribution in [3.8, 4) is 0 Å². The molecule has 2 atom stereocenters. The Hall–Kier alpha value is -1.85. The van der Waals surface area contributed by atoms with Crippen LogP contribution in [-0.4, -0.2) is 34.4 Å². The van der Waals surface area contributed by atoms with Gasteiger partial charge < -0.3 is 15.6 Å². The van der Waals surface area contributed by atoms with Crippen LogP contribution in [0.4, 0.5) is 0 Å². The second-order valence-corrected chi connectivity index (χ2v) is 4.68. The Morgan fingerprint density at radius 2 is 2.22 bits per heavy atom. The van der Waals surface area contributed by atoms with Crippen LogP contribution < -0.4 is 10.6 Å². The SMILES string of the molecule is C[C@H]1CCCNC(=O)[C@H](Cc2cnc[nH]2)NC1=O. The lowest BCUT2D eigenvalue weighted by Crippen LogP contribution is -2.48. The normalized spacial score (nSPS) is 25.6. The average Bonchev–Trinajstić information content (AvgIpc) is 2.85. The zero-order valence-electron chi connectivity index (χ0n) is 10.4. The van der Waals surface area contributed by atoms with Crippen molar-refractivity contribution in [3.05, 3.63) is 18.2 Å². The number of carbonyl (C=O) groups is 2. The zero-order chi connectivity index (χ0) is 13.0. The zero-order valence-corrected chi connectivity index (χ0v) is 10.4. The number of aromatic nitrogens is 2. The van der Waals surface area contributed by atoms with Gasteiger partial charge in [0.25, 0.3) is 0 Å². The van der Waals surface area contributed by atoms with Gasteiger partial charge >= 0.3 is 0 Å². The summed E-state index contributed by atoms with van der Waals surface area (Å²) in [6, 6.07) is -0.529. The predicted molar refractivity (Wildman–Crippen MR) is 65.6 cm³/mol. The summed E-state index contributed by atoms with van der Waals surface area (Å²) in [5, 5.41) is 5.64. The maximum absolute atomic E-state index is 11.9. The molecule has 98 valence electrons. The van der Waals surface area contributed by atoms with E-state index in [4.69, 9.17) is 0 Å². The van der Waals surface area contributed by atoms with E-state index < -0.39 is 6.04 Å². The van der Waals surface area contributed by atoms with E-state index in [1.54, 1.807) is 12.5 Å². The molecule has 1 aliphatic rings. The molecule has 1 fully saturated rings. The van der Waals surface area contributed by atoms with E-state index >= 15 is 0 Å². The van der Waals surface area contributed by atoms with E-state index in [1.165, 1.54) is 0 Å². The van der Waals surface area contributed by atoms with Crippen LogP contribution in [0.5, 0.6) is 0 Å². The summed E-state index contributed by atoms with van der Waals surface area (Å²) in [5.41, 5.74) is 0.836. The molecule has 1 aliphatic heterocycles. The molecule has 1 aromatic heterocycles. The Kier molecular flexibility index (Phi) is 3.96. The van der Waals surface area contributed by atoms with Crippen molar-refractivity contribution in [1.82, 2.24) is 20.6 Å². The molecule has 0 unspecified atom stereocenters. The van der Waals surface area contributed by atoms with Gasteiger partial charge in [0.05, 0.1) is 6.33 Å². The average molecular weight is 250 g/mol. The summed E-state index contributed by atoms with van der Waals surface area (Å²) in [6.07, 6.45) is 5.28. The second kappa shape index (κ2) is 5.66. The molecule has 0 bridgehead atoms. The standard InChI is InChI=1S/C12H18N4O2/c1-8-3-2-4-14-12(18)10(16-11(8)17)5-9-6-13-7-15-9/h6-8,10H,2-5H2,1H3,(H,13,15)(H,14,18)(H,16,17)/t8-,10-/m0/s1. The minimum absolute atomic E-state index is 0.0537. The highest BCUT2D eigenvalue weighted by Gasteiger charge is 2.25. The van der Waals surface area contributed by atoms with Crippen LogP contribution in [0.25, 0.3) is 0 Å². The second-order valence-electron chi connectivity index (χ2n) is 4.68. The fourth-order valence-electron chi connectivity index (χ4n) is 2.01. The number of nitrogens with one attached hydrogen (secondary N) is 3. The molecular weight excluding hydrogens is 232 g/mol. The number of amides is 2. The summed E-state index contributed by atoms with van der Waals surface area (Å²) in [4.78, 5) is 30.7. The summed E-state index contributed by atoms with van der Waals surface area (Å²) in [5.74, 6) is -0.245. The lowest BCUT2D eigenvalue weighted by Gasteiger charge is -2.17. The minimum Gasteiger partial charge on any atom is -0.354 e. The van der Waals surface area contributed by atoms with Gasteiger partial charge in [0, 0.05) is 30.8 Å². The number of aromatic amines is 1. The van der Waals surface area contributed by atoms with E-state index in [-0.39, 0.29) is 17.7 Å². The lowest BCUT2D eigenvalue weighted by atomic mass is 10.0. The molecular formula is C12H18N4O2. The molecule has 0 saturated carbocycles. The molecule has 2 heterocycles. The number of hydrogen-bond donors (Lipinski definition) is 3. The highest BCUT2D eigenvalue weighted by atomic mass is 16.2. The molecule has 6 heteroatoms. The van der Waals surface area contributed by atoms with Gasteiger partial charge in [-0.1, -0.05) is 6.92 Å². The van der Waals surface area contributed by atoms with Crippen molar-refractivity contribution in [2.45, 2.75) is 32.2 Å². The van der Waals surface area contributed by atoms with Crippen LogP contribution in [0, 0.1) is 5.92 Å². The topological polar surface area (TPSA) is 86.9 Å². The van der Waals surface area contributed by atoms with Gasteiger partial charge in [-0.25, -0.2) is 4.98 Å². The first-order valence-corrected chi connectivity index (χ1v) is 6.22. The van der Waals surface area contributed by atoms with E-state index in [0.29, 0.717) is 13.0 Å². The van der Waals surface area contributed by atoms with Gasteiger partial charge in [0.2, 0.25) is 11.8 Å². The molecule has 2 amide bonds. The third-order valence-electron chi connectivity index (χ3n) is 3.17. The quantitative estimate of drug-likeness (QED) is 0.689. The van der Waals surface area contributed by atoms with Crippen LogP contribution in [-0.2, 0) is 16.0 Å². The van der Waals surface area contributed by atoms with Crippen LogP contribution >= 0.6 is 0 Å². The summed E-state index contributed by atoms with van der Waals surface area (Å²) in [6.45, 7) is 2.51. The van der Waals surface area contributed by atoms with Crippen LogP contribution in [0.3, 0.4) is 0 Å². The number of hydrogen-bond acceptors (Lipinski definition) is 3. The molecule has 0 radical (unpaired) electrons. The number of rotatable bonds is 2. The fourth-order valence-corrected chi connectivity index (χ4v) is 2.01. The van der Waals surface area contributed by atoms with Crippen molar-refractivity contribution in [3.63, 3.8) is 0 Å². The molecule has 6 nitrogen and oxygen atoms in total. The van der Waals surface area contributed by atoms with E-state index in [9.17, 15) is 9.59 Å². The smallest absolute Gasteiger partial charge is 0.242 e. The van der Waals surface area contributed by atoms with Crippen molar-refractivity contribution < 1.29 is 9.59 Å². The first kappa shape index (κ1) is 12.6. The van der Waals surface area contributed by atoms with Crippen LogP contribution in [0.2, 0.25) is 0 Å². The van der Waals surface area contributed by atoms with Gasteiger partial charge in [-0.2, -0.15) is 0 Å². The molecule has 2 rings (SSSR count). The van der Waals surface area contributed by atoms with Gasteiger partial charge in [0.15, 0.2) is 0 Å². The molecule has 0 aliphatic carbocycles. The predicted octanol–water partition coefficient (Wildman–Crippen LogP) is -0.0169. The fraction of sp³-hybridized carbons (Fsp3) is 0.583. The number of nitrogens with zero attached hydrogens (tertiary/aromatic N) is 1. The highest BCUT2D eigenvalue weighted by molar-refractivity contribution is 5.88. The van der Waals surface area contributed by atoms with E-state index in [0.717, 1.165) is 18.5 Å². The first-order chi connectivity index (χ1) is 8.66. The Labute approximate surface area is 106 Å². The Morgan fingerprint density at radius 1 is 1.39 bits per heavy atom. The Balaban J connectivity index is 2.08. The van der Waals surface area contributed by atoms with E-state index in [1.807, 2.05) is 6.92 Å². The van der Waals surface area contributed by atoms with E-state index in [2.05, 4.69) is 20.6 Å². The number of H-pyrrole nitrogens is 1. The Morgan fingerprint density at radius 3 is 2.94 bits per heavy atom. The van der Waals surface area contributed by atoms with Gasteiger partial charge in [-0.05, 0) is 12.8 Å². The Bertz CT molecular complexity index is 416. The van der Waals surface area contributed by atoms with Crippen molar-refractivity contribution in [2.75, 3.05) is 6.54 Å². The van der Waals surface area contributed by atoms with Crippen molar-refractivity contribution in [2.24, 2.45) is 5.92 Å². The van der Waals surface area contributed by atoms with Crippen molar-refractivity contribution >= 4 is 11.8 Å². The third-order valence-corrected chi connectivity index (χ3v) is 3.17. The molecule has 3 N–H and O–H groups in total. The van der Waals surface area contributed by atoms with Crippen molar-refractivity contribution in [1.29, 1.82) is 0 Å². The number of imidazole rings is 1. The monoisotopic (exact) mass is 250 g/mol. The highest BCUT2D eigenvalue weighted by Crippen LogP contribution is 2.09. The molecule has 1 saturated heterocycles. The molecule has 18 heavy (non-hydrogen) atoms. The summed E-state index contributed by atoms with van der Waals surface area (Å²) >= 11 is 0. The van der Waals surface area contributed by atoms with Crippen LogP contribution in [0.15, 0.2) is 12.5 Å². The largest absolute Gasteiger partial charge is 0.354 e. The number of carbonyl (C=O) groups excluding carboxylic acids is 2. The minimum atomic E-state index is -0.529. The van der Waals surface area contributed by atoms with Gasteiger partial charge in [-0.3, -0.25) is 9.59 Å². The summed E-state index contributed by atoms with van der Waals surface area (Å²) < 4.78 is 0. The van der Waals surface area contributed by atoms with Crippen LogP contribution in [0.1, 0.15) is 25.5 Å². The molecule has 0 aromatic carbocycles. The maximum Gasteiger partial charge on any atom is 0.242 e. The lowest BCUT2D eigenvalue weighted by molar-refractivity contribution is -0.130.